The molecule has 3 aromatic carbocycles. The minimum absolute atomic E-state index is 0.0181. The molecule has 0 aliphatic heterocycles. The van der Waals surface area contributed by atoms with Crippen LogP contribution in [0.25, 0.3) is 0 Å². The quantitative estimate of drug-likeness (QED) is 0.260. The third-order valence-corrected chi connectivity index (χ3v) is 7.23. The molecular formula is C33H36FNO7. The number of ether oxygens (including phenoxy) is 3. The van der Waals surface area contributed by atoms with Gasteiger partial charge in [-0.3, -0.25) is 19.3 Å². The molecule has 1 N–H and O–H groups in total. The lowest BCUT2D eigenvalue weighted by molar-refractivity contribution is -0.143. The van der Waals surface area contributed by atoms with Gasteiger partial charge in [-0.2, -0.15) is 0 Å². The highest BCUT2D eigenvalue weighted by Gasteiger charge is 2.30. The second-order valence-electron chi connectivity index (χ2n) is 11.3. The van der Waals surface area contributed by atoms with Gasteiger partial charge in [0.15, 0.2) is 11.6 Å². The third kappa shape index (κ3) is 6.90. The van der Waals surface area contributed by atoms with Gasteiger partial charge in [-0.1, -0.05) is 12.1 Å². The van der Waals surface area contributed by atoms with Gasteiger partial charge >= 0.3 is 11.9 Å². The molecule has 1 aliphatic rings. The van der Waals surface area contributed by atoms with Crippen LogP contribution in [-0.4, -0.2) is 43.2 Å². The zero-order valence-electron chi connectivity index (χ0n) is 24.5. The van der Waals surface area contributed by atoms with Gasteiger partial charge < -0.3 is 19.3 Å². The topological polar surface area (TPSA) is 102 Å². The van der Waals surface area contributed by atoms with Gasteiger partial charge in [0.05, 0.1) is 24.8 Å². The molecule has 222 valence electrons. The van der Waals surface area contributed by atoms with Crippen LogP contribution in [0.4, 0.5) is 10.1 Å². The van der Waals surface area contributed by atoms with E-state index in [1.165, 1.54) is 18.1 Å². The first-order chi connectivity index (χ1) is 19.9. The van der Waals surface area contributed by atoms with Crippen molar-refractivity contribution in [1.29, 1.82) is 0 Å². The first-order valence-corrected chi connectivity index (χ1v) is 13.9. The Morgan fingerprint density at radius 3 is 2.40 bits per heavy atom. The summed E-state index contributed by atoms with van der Waals surface area (Å²) in [5, 5.41) is 9.64. The van der Waals surface area contributed by atoms with Crippen LogP contribution < -0.4 is 14.4 Å². The number of carbonyl (C=O) groups is 3. The number of benzene rings is 3. The van der Waals surface area contributed by atoms with Crippen LogP contribution in [0.3, 0.4) is 0 Å². The van der Waals surface area contributed by atoms with E-state index in [0.29, 0.717) is 30.0 Å². The minimum atomic E-state index is -0.945. The number of aromatic hydroxyl groups is 1. The van der Waals surface area contributed by atoms with Crippen LogP contribution in [0, 0.1) is 11.2 Å². The fraction of sp³-hybridized carbons (Fsp3) is 0.364. The fourth-order valence-electron chi connectivity index (χ4n) is 4.95. The standard InChI is InChI=1S/C33H36FNO7/c1-6-41-30(37)19-35(31(38)23-10-14-29(36)27(34)17-23)28-18-24(40-5)12-13-26(28)22-8-7-21-16-25(11-9-20(21)15-22)42-32(39)33(2,3)4/h9-14,16-18,22,36H,6-8,15,19H2,1-5H3. The second-order valence-corrected chi connectivity index (χ2v) is 11.3. The van der Waals surface area contributed by atoms with Crippen molar-refractivity contribution < 1.29 is 38.1 Å². The summed E-state index contributed by atoms with van der Waals surface area (Å²) in [5.41, 5.74) is 2.79. The maximum Gasteiger partial charge on any atom is 0.326 e. The van der Waals surface area contributed by atoms with Gasteiger partial charge in [-0.05, 0) is 106 Å². The number of hydrogen-bond acceptors (Lipinski definition) is 7. The van der Waals surface area contributed by atoms with Crippen LogP contribution in [0.1, 0.15) is 67.1 Å². The predicted octanol–water partition coefficient (Wildman–Crippen LogP) is 5.97. The number of anilines is 1. The molecule has 3 aromatic rings. The molecule has 1 amide bonds. The Labute approximate surface area is 245 Å². The van der Waals surface area contributed by atoms with Gasteiger partial charge in [0.25, 0.3) is 5.91 Å². The Morgan fingerprint density at radius 1 is 1.00 bits per heavy atom. The number of halogens is 1. The number of methoxy groups -OCH3 is 1. The zero-order chi connectivity index (χ0) is 30.6. The van der Waals surface area contributed by atoms with Crippen LogP contribution in [0.15, 0.2) is 54.6 Å². The molecule has 1 aliphatic carbocycles. The normalized spacial score (nSPS) is 14.5. The van der Waals surface area contributed by atoms with E-state index in [4.69, 9.17) is 14.2 Å². The molecule has 8 nitrogen and oxygen atoms in total. The number of aryl methyl sites for hydroxylation is 1. The molecule has 0 saturated carbocycles. The van der Waals surface area contributed by atoms with Gasteiger partial charge in [0.2, 0.25) is 0 Å². The van der Waals surface area contributed by atoms with Crippen molar-refractivity contribution in [3.63, 3.8) is 0 Å². The first-order valence-electron chi connectivity index (χ1n) is 13.9. The Kier molecular flexibility index (Phi) is 9.19. The van der Waals surface area contributed by atoms with Gasteiger partial charge in [0, 0.05) is 11.6 Å². The summed E-state index contributed by atoms with van der Waals surface area (Å²) in [6.07, 6.45) is 2.09. The maximum atomic E-state index is 14.2. The Bertz CT molecular complexity index is 1490. The van der Waals surface area contributed by atoms with E-state index in [9.17, 15) is 23.9 Å². The van der Waals surface area contributed by atoms with Crippen molar-refractivity contribution in [3.8, 4) is 17.2 Å². The fourth-order valence-corrected chi connectivity index (χ4v) is 4.95. The number of carbonyl (C=O) groups excluding carboxylic acids is 3. The van der Waals surface area contributed by atoms with Crippen molar-refractivity contribution in [1.82, 2.24) is 0 Å². The van der Waals surface area contributed by atoms with Crippen LogP contribution in [-0.2, 0) is 27.2 Å². The van der Waals surface area contributed by atoms with Crippen LogP contribution in [0.2, 0.25) is 0 Å². The van der Waals surface area contributed by atoms with E-state index in [2.05, 4.69) is 0 Å². The molecule has 0 fully saturated rings. The number of esters is 2. The lowest BCUT2D eigenvalue weighted by Gasteiger charge is -2.31. The van der Waals surface area contributed by atoms with Gasteiger partial charge in [-0.25, -0.2) is 4.39 Å². The number of phenols is 1. The summed E-state index contributed by atoms with van der Waals surface area (Å²) in [4.78, 5) is 40.1. The summed E-state index contributed by atoms with van der Waals surface area (Å²) in [6.45, 7) is 6.81. The summed E-state index contributed by atoms with van der Waals surface area (Å²) in [7, 11) is 1.51. The summed E-state index contributed by atoms with van der Waals surface area (Å²) < 4.78 is 30.4. The van der Waals surface area contributed by atoms with Crippen LogP contribution in [0.5, 0.6) is 17.2 Å². The lowest BCUT2D eigenvalue weighted by atomic mass is 9.79. The van der Waals surface area contributed by atoms with Gasteiger partial charge in [0.1, 0.15) is 18.0 Å². The Hall–Kier alpha value is -4.40. The van der Waals surface area contributed by atoms with Gasteiger partial charge in [-0.15, -0.1) is 0 Å². The number of hydrogen-bond donors (Lipinski definition) is 1. The zero-order valence-corrected chi connectivity index (χ0v) is 24.5. The number of rotatable bonds is 8. The maximum absolute atomic E-state index is 14.2. The predicted molar refractivity (Wildman–Crippen MR) is 156 cm³/mol. The average Bonchev–Trinajstić information content (AvgIpc) is 2.96. The second kappa shape index (κ2) is 12.6. The third-order valence-electron chi connectivity index (χ3n) is 7.23. The first kappa shape index (κ1) is 30.6. The molecule has 0 radical (unpaired) electrons. The van der Waals surface area contributed by atoms with E-state index in [-0.39, 0.29) is 24.1 Å². The molecule has 4 rings (SSSR count). The monoisotopic (exact) mass is 577 g/mol. The van der Waals surface area contributed by atoms with Crippen molar-refractivity contribution in [2.45, 2.75) is 52.9 Å². The van der Waals surface area contributed by atoms with Crippen molar-refractivity contribution in [3.05, 3.63) is 82.7 Å². The van der Waals surface area contributed by atoms with Crippen LogP contribution >= 0.6 is 0 Å². The van der Waals surface area contributed by atoms with E-state index in [1.54, 1.807) is 45.9 Å². The minimum Gasteiger partial charge on any atom is -0.505 e. The molecule has 9 heteroatoms. The smallest absolute Gasteiger partial charge is 0.326 e. The number of phenolic OH excluding ortho intramolecular Hbond substituents is 1. The molecule has 1 unspecified atom stereocenters. The Balaban J connectivity index is 1.70. The van der Waals surface area contributed by atoms with E-state index < -0.39 is 35.4 Å². The summed E-state index contributed by atoms with van der Waals surface area (Å²) in [6, 6.07) is 14.4. The molecule has 0 bridgehead atoms. The van der Waals surface area contributed by atoms with E-state index in [1.807, 2.05) is 18.2 Å². The molecule has 42 heavy (non-hydrogen) atoms. The van der Waals surface area contributed by atoms with Crippen molar-refractivity contribution in [2.24, 2.45) is 5.41 Å². The van der Waals surface area contributed by atoms with Crippen molar-refractivity contribution >= 4 is 23.5 Å². The summed E-state index contributed by atoms with van der Waals surface area (Å²) >= 11 is 0. The van der Waals surface area contributed by atoms with E-state index >= 15 is 0 Å². The highest BCUT2D eigenvalue weighted by molar-refractivity contribution is 6.09. The molecule has 0 heterocycles. The number of amides is 1. The molecule has 1 atom stereocenters. The molecular weight excluding hydrogens is 541 g/mol. The largest absolute Gasteiger partial charge is 0.505 e. The molecule has 0 spiro atoms. The lowest BCUT2D eigenvalue weighted by Crippen LogP contribution is -2.37. The summed E-state index contributed by atoms with van der Waals surface area (Å²) in [5.74, 6) is -2.11. The Morgan fingerprint density at radius 2 is 1.74 bits per heavy atom. The number of nitrogens with zero attached hydrogens (tertiary/aromatic N) is 1. The van der Waals surface area contributed by atoms with E-state index in [0.717, 1.165) is 35.2 Å². The molecule has 0 saturated heterocycles. The average molecular weight is 578 g/mol. The number of fused-ring (bicyclic) bond motifs is 1. The van der Waals surface area contributed by atoms with Crippen molar-refractivity contribution in [2.75, 3.05) is 25.2 Å². The highest BCUT2D eigenvalue weighted by atomic mass is 19.1. The highest BCUT2D eigenvalue weighted by Crippen LogP contribution is 2.40. The molecule has 0 aromatic heterocycles. The SMILES string of the molecule is CCOC(=O)CN(C(=O)c1ccc(O)c(F)c1)c1cc(OC)ccc1C1CCc2cc(OC(=O)C(C)(C)C)ccc2C1.